The van der Waals surface area contributed by atoms with Gasteiger partial charge >= 0.3 is 0 Å². The summed E-state index contributed by atoms with van der Waals surface area (Å²) in [7, 11) is -0.720. The van der Waals surface area contributed by atoms with E-state index in [1.807, 2.05) is 18.2 Å². The van der Waals surface area contributed by atoms with Crippen molar-refractivity contribution in [2.45, 2.75) is 6.54 Å². The van der Waals surface area contributed by atoms with Gasteiger partial charge in [0.25, 0.3) is 0 Å². The first-order valence-corrected chi connectivity index (χ1v) is 11.0. The minimum absolute atomic E-state index is 0.647. The van der Waals surface area contributed by atoms with Crippen LogP contribution in [-0.2, 0) is 6.54 Å². The number of nitrogens with zero attached hydrogens (tertiary/aromatic N) is 1. The van der Waals surface area contributed by atoms with E-state index >= 15 is 0 Å². The van der Waals surface area contributed by atoms with Crippen molar-refractivity contribution in [1.29, 1.82) is 0 Å². The fourth-order valence-corrected chi connectivity index (χ4v) is 6.04. The fourth-order valence-electron chi connectivity index (χ4n) is 3.60. The highest BCUT2D eigenvalue weighted by Gasteiger charge is 2.24. The van der Waals surface area contributed by atoms with Crippen LogP contribution in [0.25, 0.3) is 0 Å². The molecule has 5 rings (SSSR count). The summed E-state index contributed by atoms with van der Waals surface area (Å²) in [6.45, 7) is 0.647. The van der Waals surface area contributed by atoms with E-state index in [1.54, 1.807) is 0 Å². The Kier molecular flexibility index (Phi) is 4.94. The molecule has 1 aliphatic heterocycles. The Hall–Kier alpha value is -3.22. The summed E-state index contributed by atoms with van der Waals surface area (Å²) in [5.41, 5.74) is 2.20. The van der Waals surface area contributed by atoms with Crippen molar-refractivity contribution < 1.29 is 4.74 Å². The Morgan fingerprint density at radius 2 is 1.21 bits per heavy atom. The predicted octanol–water partition coefficient (Wildman–Crippen LogP) is 4.78. The van der Waals surface area contributed by atoms with E-state index < -0.39 is 7.92 Å². The number of rotatable bonds is 4. The lowest BCUT2D eigenvalue weighted by molar-refractivity contribution is 0.525. The molecule has 0 aliphatic carbocycles. The Bertz CT molecular complexity index is 1120. The Morgan fingerprint density at radius 3 is 1.93 bits per heavy atom. The summed E-state index contributed by atoms with van der Waals surface area (Å²) < 4.78 is 6.24. The first-order chi connectivity index (χ1) is 14.4. The van der Waals surface area contributed by atoms with Crippen molar-refractivity contribution in [3.05, 3.63) is 120 Å². The minimum atomic E-state index is -0.720. The van der Waals surface area contributed by atoms with E-state index in [9.17, 15) is 0 Å². The molecule has 1 aliphatic rings. The second-order valence-electron chi connectivity index (χ2n) is 6.85. The average Bonchev–Trinajstić information content (AvgIpc) is 2.81. The third-order valence-electron chi connectivity index (χ3n) is 4.98. The van der Waals surface area contributed by atoms with Gasteiger partial charge in [0.15, 0.2) is 0 Å². The maximum absolute atomic E-state index is 6.24. The third kappa shape index (κ3) is 3.60. The van der Waals surface area contributed by atoms with E-state index in [1.165, 1.54) is 15.9 Å². The van der Waals surface area contributed by atoms with Gasteiger partial charge < -0.3 is 4.74 Å². The van der Waals surface area contributed by atoms with Gasteiger partial charge in [-0.05, 0) is 36.0 Å². The molecule has 0 atom stereocenters. The normalized spacial score (nSPS) is 12.8. The number of para-hydroxylation sites is 1. The number of ether oxygens (including phenoxy) is 1. The highest BCUT2D eigenvalue weighted by atomic mass is 31.1. The molecule has 0 saturated carbocycles. The molecule has 0 unspecified atom stereocenters. The van der Waals surface area contributed by atoms with Gasteiger partial charge in [0.1, 0.15) is 5.75 Å². The molecular formula is C26H20NOP. The molecule has 140 valence electrons. The van der Waals surface area contributed by atoms with E-state index in [2.05, 4.69) is 91.0 Å². The lowest BCUT2D eigenvalue weighted by Crippen LogP contribution is -2.28. The van der Waals surface area contributed by atoms with E-state index in [0.29, 0.717) is 12.4 Å². The minimum Gasteiger partial charge on any atom is -0.438 e. The van der Waals surface area contributed by atoms with Gasteiger partial charge in [-0.1, -0.05) is 97.1 Å². The highest BCUT2D eigenvalue weighted by Crippen LogP contribution is 2.35. The molecule has 0 fully saturated rings. The van der Waals surface area contributed by atoms with Crippen molar-refractivity contribution >= 4 is 29.7 Å². The molecule has 0 aromatic heterocycles. The van der Waals surface area contributed by atoms with Gasteiger partial charge in [-0.2, -0.15) is 0 Å². The van der Waals surface area contributed by atoms with Crippen LogP contribution in [0.3, 0.4) is 0 Å². The van der Waals surface area contributed by atoms with Crippen LogP contribution in [0.1, 0.15) is 11.1 Å². The first kappa shape index (κ1) is 17.8. The molecule has 3 heteroatoms. The van der Waals surface area contributed by atoms with Crippen molar-refractivity contribution in [2.24, 2.45) is 4.99 Å². The second kappa shape index (κ2) is 8.03. The first-order valence-electron chi connectivity index (χ1n) is 9.70. The van der Waals surface area contributed by atoms with E-state index in [-0.39, 0.29) is 0 Å². The molecule has 29 heavy (non-hydrogen) atoms. The summed E-state index contributed by atoms with van der Waals surface area (Å²) in [4.78, 5) is 4.78. The zero-order chi connectivity index (χ0) is 19.5. The quantitative estimate of drug-likeness (QED) is 0.457. The third-order valence-corrected chi connectivity index (χ3v) is 7.48. The molecule has 0 bridgehead atoms. The monoisotopic (exact) mass is 393 g/mol. The van der Waals surface area contributed by atoms with Crippen molar-refractivity contribution in [3.8, 4) is 5.75 Å². The van der Waals surface area contributed by atoms with E-state index in [4.69, 9.17) is 9.73 Å². The average molecular weight is 393 g/mol. The number of fused-ring (bicyclic) bond motifs is 1. The Balaban J connectivity index is 1.63. The number of hydrogen-bond donors (Lipinski definition) is 0. The van der Waals surface area contributed by atoms with Gasteiger partial charge in [0.2, 0.25) is 5.90 Å². The fraction of sp³-hybridized carbons (Fsp3) is 0.0385. The van der Waals surface area contributed by atoms with Crippen LogP contribution in [-0.4, -0.2) is 5.90 Å². The van der Waals surface area contributed by atoms with Gasteiger partial charge in [-0.25, -0.2) is 4.99 Å². The summed E-state index contributed by atoms with van der Waals surface area (Å²) in [5.74, 6) is 1.61. The van der Waals surface area contributed by atoms with Crippen LogP contribution in [0.5, 0.6) is 5.75 Å². The van der Waals surface area contributed by atoms with Gasteiger partial charge in [-0.15, -0.1) is 0 Å². The molecule has 0 saturated heterocycles. The maximum atomic E-state index is 6.24. The Labute approximate surface area is 172 Å². The zero-order valence-electron chi connectivity index (χ0n) is 15.9. The van der Waals surface area contributed by atoms with Gasteiger partial charge in [0.05, 0.1) is 6.54 Å². The lowest BCUT2D eigenvalue weighted by Gasteiger charge is -2.24. The number of benzene rings is 4. The van der Waals surface area contributed by atoms with Crippen molar-refractivity contribution in [3.63, 3.8) is 0 Å². The number of hydrogen-bond acceptors (Lipinski definition) is 2. The summed E-state index contributed by atoms with van der Waals surface area (Å²) in [5, 5.41) is 3.90. The molecule has 0 amide bonds. The van der Waals surface area contributed by atoms with Crippen molar-refractivity contribution in [1.82, 2.24) is 0 Å². The van der Waals surface area contributed by atoms with Crippen LogP contribution in [0.2, 0.25) is 0 Å². The topological polar surface area (TPSA) is 21.6 Å². The smallest absolute Gasteiger partial charge is 0.222 e. The Morgan fingerprint density at radius 1 is 0.621 bits per heavy atom. The molecule has 0 radical (unpaired) electrons. The summed E-state index contributed by atoms with van der Waals surface area (Å²) in [6, 6.07) is 38.1. The lowest BCUT2D eigenvalue weighted by atomic mass is 10.1. The molecule has 4 aromatic carbocycles. The van der Waals surface area contributed by atoms with Crippen LogP contribution < -0.4 is 20.7 Å². The molecule has 0 spiro atoms. The van der Waals surface area contributed by atoms with Crippen LogP contribution in [0, 0.1) is 0 Å². The SMILES string of the molecule is c1ccc(P(c2ccccc2)c2ccccc2C2=NCc3ccccc3O2)cc1. The van der Waals surface area contributed by atoms with Crippen LogP contribution >= 0.6 is 7.92 Å². The second-order valence-corrected chi connectivity index (χ2v) is 9.04. The van der Waals surface area contributed by atoms with Crippen LogP contribution in [0.15, 0.2) is 114 Å². The predicted molar refractivity (Wildman–Crippen MR) is 122 cm³/mol. The summed E-state index contributed by atoms with van der Waals surface area (Å²) in [6.07, 6.45) is 0. The molecule has 4 aromatic rings. The highest BCUT2D eigenvalue weighted by molar-refractivity contribution is 7.80. The van der Waals surface area contributed by atoms with Crippen LogP contribution in [0.4, 0.5) is 0 Å². The van der Waals surface area contributed by atoms with E-state index in [0.717, 1.165) is 16.9 Å². The number of aliphatic imine (C=N–C) groups is 1. The molecular weight excluding hydrogens is 373 g/mol. The van der Waals surface area contributed by atoms with Gasteiger partial charge in [-0.3, -0.25) is 0 Å². The molecule has 0 N–H and O–H groups in total. The largest absolute Gasteiger partial charge is 0.438 e. The molecule has 1 heterocycles. The van der Waals surface area contributed by atoms with Crippen molar-refractivity contribution in [2.75, 3.05) is 0 Å². The molecule has 2 nitrogen and oxygen atoms in total. The standard InChI is InChI=1S/C26H20NOP/c1-3-12-21(13-4-1)29(22-14-5-2-6-15-22)25-18-10-8-16-23(25)26-27-19-20-11-7-9-17-24(20)28-26/h1-18H,19H2. The summed E-state index contributed by atoms with van der Waals surface area (Å²) >= 11 is 0. The maximum Gasteiger partial charge on any atom is 0.222 e. The zero-order valence-corrected chi connectivity index (χ0v) is 16.8. The van der Waals surface area contributed by atoms with Gasteiger partial charge in [0, 0.05) is 11.1 Å².